The van der Waals surface area contributed by atoms with Crippen molar-refractivity contribution in [1.82, 2.24) is 0 Å². The molecule has 0 radical (unpaired) electrons. The molecule has 0 saturated heterocycles. The number of esters is 4. The Morgan fingerprint density at radius 3 is 0.854 bits per heavy atom. The highest BCUT2D eigenvalue weighted by Gasteiger charge is 2.30. The van der Waals surface area contributed by atoms with Crippen molar-refractivity contribution in [3.63, 3.8) is 0 Å². The van der Waals surface area contributed by atoms with Gasteiger partial charge in [0.1, 0.15) is 19.3 Å². The number of rotatable bonds is 69. The summed E-state index contributed by atoms with van der Waals surface area (Å²) in [5.41, 5.74) is 0. The third-order valence-electron chi connectivity index (χ3n) is 16.6. The van der Waals surface area contributed by atoms with Crippen molar-refractivity contribution >= 4 is 39.5 Å². The maximum atomic E-state index is 13.0. The van der Waals surface area contributed by atoms with Gasteiger partial charge in [0.25, 0.3) is 0 Å². The molecular formula is C70H136O17P2. The molecule has 19 heteroatoms. The monoisotopic (exact) mass is 1310 g/mol. The zero-order chi connectivity index (χ0) is 65.7. The second-order valence-electron chi connectivity index (χ2n) is 26.0. The summed E-state index contributed by atoms with van der Waals surface area (Å²) in [6.07, 6.45) is 47.4. The Bertz CT molecular complexity index is 1740. The van der Waals surface area contributed by atoms with Crippen LogP contribution in [0.4, 0.5) is 0 Å². The molecule has 3 N–H and O–H groups in total. The van der Waals surface area contributed by atoms with E-state index in [4.69, 9.17) is 37.0 Å². The molecule has 89 heavy (non-hydrogen) atoms. The van der Waals surface area contributed by atoms with Gasteiger partial charge in [0.2, 0.25) is 0 Å². The largest absolute Gasteiger partial charge is 0.472 e. The highest BCUT2D eigenvalue weighted by atomic mass is 31.2. The van der Waals surface area contributed by atoms with Crippen molar-refractivity contribution in [2.24, 2.45) is 11.8 Å². The number of hydrogen-bond acceptors (Lipinski definition) is 15. The quantitative estimate of drug-likeness (QED) is 0.0222. The third kappa shape index (κ3) is 63.2. The van der Waals surface area contributed by atoms with Crippen LogP contribution in [0.5, 0.6) is 0 Å². The minimum absolute atomic E-state index is 0.103. The van der Waals surface area contributed by atoms with E-state index in [2.05, 4.69) is 41.5 Å². The lowest BCUT2D eigenvalue weighted by Crippen LogP contribution is -2.30. The first-order chi connectivity index (χ1) is 42.9. The van der Waals surface area contributed by atoms with E-state index < -0.39 is 97.5 Å². The molecule has 0 amide bonds. The molecular weight excluding hydrogens is 1170 g/mol. The van der Waals surface area contributed by atoms with Gasteiger partial charge in [-0.15, -0.1) is 0 Å². The summed E-state index contributed by atoms with van der Waals surface area (Å²) in [6.45, 7) is 9.43. The molecule has 0 aliphatic rings. The van der Waals surface area contributed by atoms with Gasteiger partial charge in [-0.1, -0.05) is 305 Å². The second kappa shape index (κ2) is 62.2. The smallest absolute Gasteiger partial charge is 0.462 e. The number of aliphatic hydroxyl groups excluding tert-OH is 1. The van der Waals surface area contributed by atoms with Crippen LogP contribution in [0.15, 0.2) is 0 Å². The summed E-state index contributed by atoms with van der Waals surface area (Å²) >= 11 is 0. The van der Waals surface area contributed by atoms with Gasteiger partial charge in [-0.05, 0) is 37.5 Å². The standard InChI is InChI=1S/C70H136O17P2/c1-7-10-12-14-16-18-20-21-22-23-24-25-26-27-28-30-34-42-48-54-69(74)86-65(58-81-68(73)53-47-41-35-31-32-38-44-50-62(4)5)60-84-88(76,77)82-56-64(71)57-83-89(78,79)85-61-66(87-70(75)55-49-43-37-36-39-45-51-63(6)9-3)59-80-67(72)52-46-40-33-29-19-17-15-13-11-8-2/h62-66,71H,7-61H2,1-6H3,(H,76,77)(H,78,79)/t63?,64-,65-,66-/m1/s1. The summed E-state index contributed by atoms with van der Waals surface area (Å²) in [6, 6.07) is 0. The zero-order valence-corrected chi connectivity index (χ0v) is 59.5. The van der Waals surface area contributed by atoms with Gasteiger partial charge in [0.05, 0.1) is 26.4 Å². The number of carbonyl (C=O) groups excluding carboxylic acids is 4. The van der Waals surface area contributed by atoms with Crippen molar-refractivity contribution in [2.45, 2.75) is 374 Å². The van der Waals surface area contributed by atoms with Crippen LogP contribution < -0.4 is 0 Å². The van der Waals surface area contributed by atoms with Crippen LogP contribution in [-0.4, -0.2) is 96.7 Å². The predicted octanol–water partition coefficient (Wildman–Crippen LogP) is 20.0. The summed E-state index contributed by atoms with van der Waals surface area (Å²) in [5, 5.41) is 10.6. The van der Waals surface area contributed by atoms with E-state index in [9.17, 15) is 43.2 Å². The molecule has 6 atom stereocenters. The SMILES string of the molecule is CCCCCCCCCCCCCCCCCCCCCC(=O)O[C@H](COC(=O)CCCCCCCCCC(C)C)COP(=O)(O)OC[C@@H](O)COP(=O)(O)OC[C@@H](COC(=O)CCCCCCCCCCCC)OC(=O)CCCCCCCCC(C)CC. The fourth-order valence-corrected chi connectivity index (χ4v) is 12.1. The molecule has 0 aromatic heterocycles. The van der Waals surface area contributed by atoms with Crippen molar-refractivity contribution in [3.05, 3.63) is 0 Å². The lowest BCUT2D eigenvalue weighted by atomic mass is 10.00. The number of unbranched alkanes of at least 4 members (excludes halogenated alkanes) is 38. The Kier molecular flexibility index (Phi) is 60.8. The molecule has 3 unspecified atom stereocenters. The topological polar surface area (TPSA) is 237 Å². The molecule has 0 rings (SSSR count). The summed E-state index contributed by atoms with van der Waals surface area (Å²) in [4.78, 5) is 72.4. The summed E-state index contributed by atoms with van der Waals surface area (Å²) in [7, 11) is -9.90. The Balaban J connectivity index is 5.18. The lowest BCUT2D eigenvalue weighted by molar-refractivity contribution is -0.161. The van der Waals surface area contributed by atoms with Crippen LogP contribution >= 0.6 is 15.6 Å². The minimum Gasteiger partial charge on any atom is -0.462 e. The highest BCUT2D eigenvalue weighted by Crippen LogP contribution is 2.45. The zero-order valence-electron chi connectivity index (χ0n) is 57.7. The Labute approximate surface area is 543 Å². The number of phosphoric ester groups is 2. The Morgan fingerprint density at radius 1 is 0.326 bits per heavy atom. The van der Waals surface area contributed by atoms with Crippen LogP contribution in [0.1, 0.15) is 356 Å². The first-order valence-electron chi connectivity index (χ1n) is 36.5. The van der Waals surface area contributed by atoms with Crippen LogP contribution in [0.25, 0.3) is 0 Å². The van der Waals surface area contributed by atoms with Gasteiger partial charge in [-0.3, -0.25) is 37.3 Å². The van der Waals surface area contributed by atoms with Gasteiger partial charge in [0.15, 0.2) is 12.2 Å². The maximum absolute atomic E-state index is 13.0. The number of phosphoric acid groups is 2. The number of hydrogen-bond donors (Lipinski definition) is 3. The fourth-order valence-electron chi connectivity index (χ4n) is 10.6. The predicted molar refractivity (Wildman–Crippen MR) is 358 cm³/mol. The molecule has 0 aliphatic heterocycles. The van der Waals surface area contributed by atoms with Crippen molar-refractivity contribution in [1.29, 1.82) is 0 Å². The van der Waals surface area contributed by atoms with Crippen molar-refractivity contribution in [2.75, 3.05) is 39.6 Å². The van der Waals surface area contributed by atoms with Gasteiger partial charge in [-0.2, -0.15) is 0 Å². The highest BCUT2D eigenvalue weighted by molar-refractivity contribution is 7.47. The molecule has 0 fully saturated rings. The van der Waals surface area contributed by atoms with E-state index in [0.29, 0.717) is 31.6 Å². The van der Waals surface area contributed by atoms with Crippen molar-refractivity contribution in [3.8, 4) is 0 Å². The lowest BCUT2D eigenvalue weighted by Gasteiger charge is -2.21. The molecule has 0 spiro atoms. The molecule has 0 heterocycles. The van der Waals surface area contributed by atoms with E-state index in [1.807, 2.05) is 0 Å². The molecule has 0 saturated carbocycles. The molecule has 0 bridgehead atoms. The molecule has 528 valence electrons. The number of aliphatic hydroxyl groups is 1. The van der Waals surface area contributed by atoms with Crippen LogP contribution in [0.2, 0.25) is 0 Å². The fraction of sp³-hybridized carbons (Fsp3) is 0.943. The Morgan fingerprint density at radius 2 is 0.573 bits per heavy atom. The normalized spacial score (nSPS) is 14.4. The van der Waals surface area contributed by atoms with Gasteiger partial charge >= 0.3 is 39.5 Å². The van der Waals surface area contributed by atoms with Gasteiger partial charge < -0.3 is 33.8 Å². The molecule has 17 nitrogen and oxygen atoms in total. The first-order valence-corrected chi connectivity index (χ1v) is 39.5. The molecule has 0 aromatic carbocycles. The second-order valence-corrected chi connectivity index (χ2v) is 28.9. The van der Waals surface area contributed by atoms with Crippen LogP contribution in [-0.2, 0) is 65.4 Å². The van der Waals surface area contributed by atoms with Crippen LogP contribution in [0, 0.1) is 11.8 Å². The van der Waals surface area contributed by atoms with E-state index in [0.717, 1.165) is 102 Å². The molecule has 0 aromatic rings. The van der Waals surface area contributed by atoms with E-state index in [-0.39, 0.29) is 25.7 Å². The van der Waals surface area contributed by atoms with Crippen LogP contribution in [0.3, 0.4) is 0 Å². The number of carbonyl (C=O) groups is 4. The average molecular weight is 1310 g/mol. The van der Waals surface area contributed by atoms with Crippen molar-refractivity contribution < 1.29 is 80.2 Å². The molecule has 0 aliphatic carbocycles. The van der Waals surface area contributed by atoms with Gasteiger partial charge in [0, 0.05) is 25.7 Å². The third-order valence-corrected chi connectivity index (χ3v) is 18.5. The Hall–Kier alpha value is -1.94. The summed E-state index contributed by atoms with van der Waals surface area (Å²) in [5.74, 6) is -0.704. The van der Waals surface area contributed by atoms with E-state index in [1.54, 1.807) is 0 Å². The number of ether oxygens (including phenoxy) is 4. The minimum atomic E-state index is -4.95. The van der Waals surface area contributed by atoms with E-state index >= 15 is 0 Å². The first kappa shape index (κ1) is 87.1. The van der Waals surface area contributed by atoms with E-state index in [1.165, 1.54) is 167 Å². The average Bonchev–Trinajstić information content (AvgIpc) is 3.57. The maximum Gasteiger partial charge on any atom is 0.472 e. The van der Waals surface area contributed by atoms with Gasteiger partial charge in [-0.25, -0.2) is 9.13 Å². The summed E-state index contributed by atoms with van der Waals surface area (Å²) < 4.78 is 68.2.